The van der Waals surface area contributed by atoms with E-state index in [9.17, 15) is 4.79 Å². The molecule has 136 valence electrons. The van der Waals surface area contributed by atoms with Gasteiger partial charge in [0, 0.05) is 5.57 Å². The number of hydrogen-bond acceptors (Lipinski definition) is 3. The standard InChI is InChI=1S/C19H30NO3.HI/c1-6-20(7-2,12-14-23-19(21)16(3)4)11-13-22-18-10-8-9-17(5)15-18;/h8-10,15H,3,6-7,11-14H2,1-2,4-5H3;1H/q+1;/p-1. The molecule has 0 heterocycles. The van der Waals surface area contributed by atoms with Crippen molar-refractivity contribution in [3.05, 3.63) is 42.0 Å². The predicted octanol–water partition coefficient (Wildman–Crippen LogP) is 0.354. The second-order valence-electron chi connectivity index (χ2n) is 6.00. The lowest BCUT2D eigenvalue weighted by Gasteiger charge is -2.36. The number of ether oxygens (including phenoxy) is 2. The molecule has 0 radical (unpaired) electrons. The summed E-state index contributed by atoms with van der Waals surface area (Å²) in [5.41, 5.74) is 1.64. The Kier molecular flexibility index (Phi) is 11.0. The van der Waals surface area contributed by atoms with Gasteiger partial charge in [-0.1, -0.05) is 18.7 Å². The lowest BCUT2D eigenvalue weighted by Crippen LogP contribution is -3.00. The highest BCUT2D eigenvalue weighted by molar-refractivity contribution is 5.86. The first-order valence-corrected chi connectivity index (χ1v) is 8.29. The zero-order valence-electron chi connectivity index (χ0n) is 15.3. The minimum Gasteiger partial charge on any atom is -1.00 e. The van der Waals surface area contributed by atoms with Gasteiger partial charge in [-0.2, -0.15) is 0 Å². The molecule has 0 saturated carbocycles. The maximum absolute atomic E-state index is 11.5. The first kappa shape index (κ1) is 22.9. The molecule has 5 heteroatoms. The molecule has 1 aromatic carbocycles. The van der Waals surface area contributed by atoms with Gasteiger partial charge >= 0.3 is 5.97 Å². The first-order valence-electron chi connectivity index (χ1n) is 8.29. The molecule has 0 aromatic heterocycles. The summed E-state index contributed by atoms with van der Waals surface area (Å²) in [7, 11) is 0. The zero-order chi connectivity index (χ0) is 17.3. The quantitative estimate of drug-likeness (QED) is 0.225. The van der Waals surface area contributed by atoms with Crippen molar-refractivity contribution in [3.63, 3.8) is 0 Å². The molecule has 1 rings (SSSR count). The van der Waals surface area contributed by atoms with Gasteiger partial charge in [0.1, 0.15) is 32.1 Å². The van der Waals surface area contributed by atoms with E-state index < -0.39 is 0 Å². The summed E-state index contributed by atoms with van der Waals surface area (Å²) < 4.78 is 12.0. The first-order chi connectivity index (χ1) is 10.9. The summed E-state index contributed by atoms with van der Waals surface area (Å²) in [6.45, 7) is 16.4. The summed E-state index contributed by atoms with van der Waals surface area (Å²) >= 11 is 0. The van der Waals surface area contributed by atoms with Gasteiger partial charge in [0.05, 0.1) is 13.1 Å². The summed E-state index contributed by atoms with van der Waals surface area (Å²) in [5.74, 6) is 0.593. The van der Waals surface area contributed by atoms with Crippen LogP contribution in [0.5, 0.6) is 5.75 Å². The summed E-state index contributed by atoms with van der Waals surface area (Å²) in [6, 6.07) is 8.08. The van der Waals surface area contributed by atoms with Crippen molar-refractivity contribution in [2.75, 3.05) is 39.4 Å². The second-order valence-corrected chi connectivity index (χ2v) is 6.00. The summed E-state index contributed by atoms with van der Waals surface area (Å²) in [6.07, 6.45) is 0. The normalized spacial score (nSPS) is 10.7. The number of esters is 1. The van der Waals surface area contributed by atoms with Crippen LogP contribution in [0.2, 0.25) is 0 Å². The molecule has 0 amide bonds. The molecule has 0 aliphatic rings. The molecule has 4 nitrogen and oxygen atoms in total. The fourth-order valence-corrected chi connectivity index (χ4v) is 2.49. The number of aryl methyl sites for hydroxylation is 1. The fraction of sp³-hybridized carbons (Fsp3) is 0.526. The van der Waals surface area contributed by atoms with E-state index in [-0.39, 0.29) is 29.9 Å². The average molecular weight is 447 g/mol. The third-order valence-corrected chi connectivity index (χ3v) is 4.31. The van der Waals surface area contributed by atoms with Crippen LogP contribution in [0, 0.1) is 6.92 Å². The molecule has 0 aliphatic heterocycles. The smallest absolute Gasteiger partial charge is 0.333 e. The Labute approximate surface area is 163 Å². The van der Waals surface area contributed by atoms with Crippen molar-refractivity contribution >= 4 is 5.97 Å². The van der Waals surface area contributed by atoms with Crippen LogP contribution in [0.3, 0.4) is 0 Å². The molecule has 0 bridgehead atoms. The highest BCUT2D eigenvalue weighted by Crippen LogP contribution is 2.13. The van der Waals surface area contributed by atoms with Crippen molar-refractivity contribution < 1.29 is 42.7 Å². The number of nitrogens with zero attached hydrogens (tertiary/aromatic N) is 1. The molecule has 0 N–H and O–H groups in total. The maximum Gasteiger partial charge on any atom is 0.333 e. The van der Waals surface area contributed by atoms with Crippen molar-refractivity contribution in [3.8, 4) is 5.75 Å². The Bertz CT molecular complexity index is 527. The van der Waals surface area contributed by atoms with Gasteiger partial charge in [0.2, 0.25) is 0 Å². The molecule has 0 saturated heterocycles. The van der Waals surface area contributed by atoms with Crippen LogP contribution in [-0.2, 0) is 9.53 Å². The Balaban J connectivity index is 0.00000529. The van der Waals surface area contributed by atoms with Gasteiger partial charge in [0.25, 0.3) is 0 Å². The van der Waals surface area contributed by atoms with E-state index in [1.54, 1.807) is 6.92 Å². The van der Waals surface area contributed by atoms with Gasteiger partial charge < -0.3 is 37.9 Å². The van der Waals surface area contributed by atoms with Crippen LogP contribution in [0.25, 0.3) is 0 Å². The lowest BCUT2D eigenvalue weighted by atomic mass is 10.2. The molecule has 0 unspecified atom stereocenters. The van der Waals surface area contributed by atoms with Gasteiger partial charge in [-0.3, -0.25) is 0 Å². The topological polar surface area (TPSA) is 35.5 Å². The van der Waals surface area contributed by atoms with Crippen molar-refractivity contribution in [1.82, 2.24) is 0 Å². The fourth-order valence-electron chi connectivity index (χ4n) is 2.49. The summed E-state index contributed by atoms with van der Waals surface area (Å²) in [4.78, 5) is 11.5. The number of halogens is 1. The second kappa shape index (κ2) is 11.5. The van der Waals surface area contributed by atoms with Crippen LogP contribution in [0.4, 0.5) is 0 Å². The van der Waals surface area contributed by atoms with E-state index in [2.05, 4.69) is 33.4 Å². The molecule has 24 heavy (non-hydrogen) atoms. The lowest BCUT2D eigenvalue weighted by molar-refractivity contribution is -0.925. The Hall–Kier alpha value is -1.08. The van der Waals surface area contributed by atoms with Crippen molar-refractivity contribution in [1.29, 1.82) is 0 Å². The highest BCUT2D eigenvalue weighted by atomic mass is 127. The third-order valence-electron chi connectivity index (χ3n) is 4.31. The van der Waals surface area contributed by atoms with Gasteiger partial charge in [0.15, 0.2) is 0 Å². The SMILES string of the molecule is C=C(C)C(=O)OCC[N+](CC)(CC)CCOc1cccc(C)c1.[I-]. The number of carbonyl (C=O) groups is 1. The Morgan fingerprint density at radius 2 is 1.79 bits per heavy atom. The van der Waals surface area contributed by atoms with E-state index in [1.165, 1.54) is 5.56 Å². The van der Waals surface area contributed by atoms with Crippen LogP contribution in [0.1, 0.15) is 26.3 Å². The number of carbonyl (C=O) groups excluding carboxylic acids is 1. The monoisotopic (exact) mass is 447 g/mol. The van der Waals surface area contributed by atoms with E-state index in [1.807, 2.05) is 18.2 Å². The van der Waals surface area contributed by atoms with E-state index in [0.717, 1.165) is 36.4 Å². The minimum atomic E-state index is -0.314. The molecule has 1 aromatic rings. The molecular weight excluding hydrogens is 417 g/mol. The Morgan fingerprint density at radius 1 is 1.17 bits per heavy atom. The van der Waals surface area contributed by atoms with Crippen LogP contribution >= 0.6 is 0 Å². The van der Waals surface area contributed by atoms with Gasteiger partial charge in [-0.15, -0.1) is 0 Å². The number of rotatable bonds is 10. The van der Waals surface area contributed by atoms with Crippen LogP contribution in [0.15, 0.2) is 36.4 Å². The van der Waals surface area contributed by atoms with Crippen molar-refractivity contribution in [2.24, 2.45) is 0 Å². The van der Waals surface area contributed by atoms with E-state index in [0.29, 0.717) is 18.8 Å². The minimum absolute atomic E-state index is 0. The van der Waals surface area contributed by atoms with E-state index in [4.69, 9.17) is 9.47 Å². The summed E-state index contributed by atoms with van der Waals surface area (Å²) in [5, 5.41) is 0. The van der Waals surface area contributed by atoms with Crippen LogP contribution in [-0.4, -0.2) is 49.8 Å². The van der Waals surface area contributed by atoms with Gasteiger partial charge in [-0.05, 0) is 45.4 Å². The number of quaternary nitrogens is 1. The van der Waals surface area contributed by atoms with Gasteiger partial charge in [-0.25, -0.2) is 4.79 Å². The van der Waals surface area contributed by atoms with Crippen LogP contribution < -0.4 is 28.7 Å². The molecule has 0 atom stereocenters. The third kappa shape index (κ3) is 7.66. The zero-order valence-corrected chi connectivity index (χ0v) is 17.5. The molecule has 0 fully saturated rings. The van der Waals surface area contributed by atoms with Crippen molar-refractivity contribution in [2.45, 2.75) is 27.7 Å². The average Bonchev–Trinajstić information content (AvgIpc) is 2.53. The molecule has 0 aliphatic carbocycles. The predicted molar refractivity (Wildman–Crippen MR) is 93.5 cm³/mol. The largest absolute Gasteiger partial charge is 1.00 e. The maximum atomic E-state index is 11.5. The van der Waals surface area contributed by atoms with E-state index >= 15 is 0 Å². The number of benzene rings is 1. The molecule has 0 spiro atoms. The Morgan fingerprint density at radius 3 is 2.33 bits per heavy atom. The number of hydrogen-bond donors (Lipinski definition) is 0. The highest BCUT2D eigenvalue weighted by Gasteiger charge is 2.23. The number of likely N-dealkylation sites (N-methyl/N-ethyl adjacent to an activating group) is 1. The molecular formula is C19H30INO3.